The summed E-state index contributed by atoms with van der Waals surface area (Å²) < 4.78 is 1.56. The van der Waals surface area contributed by atoms with Crippen molar-refractivity contribution in [3.8, 4) is 0 Å². The number of carbonyl (C=O) groups is 2. The first kappa shape index (κ1) is 10.5. The maximum absolute atomic E-state index is 10.8. The van der Waals surface area contributed by atoms with Crippen molar-refractivity contribution in [1.82, 2.24) is 14.8 Å². The molecule has 0 spiro atoms. The Morgan fingerprint density at radius 1 is 1.50 bits per heavy atom. The summed E-state index contributed by atoms with van der Waals surface area (Å²) in [6.45, 7) is 0. The van der Waals surface area contributed by atoms with Crippen molar-refractivity contribution in [2.45, 2.75) is 10.4 Å². The lowest BCUT2D eigenvalue weighted by Crippen LogP contribution is -2.37. The smallest absolute Gasteiger partial charge is 0.240 e. The van der Waals surface area contributed by atoms with Crippen LogP contribution < -0.4 is 11.5 Å². The summed E-state index contributed by atoms with van der Waals surface area (Å²) >= 11 is 0.878. The number of aryl methyl sites for hydroxylation is 1. The van der Waals surface area contributed by atoms with Crippen LogP contribution in [0.5, 0.6) is 0 Å². The first-order chi connectivity index (χ1) is 6.52. The minimum Gasteiger partial charge on any atom is -0.368 e. The van der Waals surface area contributed by atoms with Crippen molar-refractivity contribution in [1.29, 1.82) is 0 Å². The van der Waals surface area contributed by atoms with Crippen LogP contribution in [-0.2, 0) is 16.6 Å². The van der Waals surface area contributed by atoms with Gasteiger partial charge in [0, 0.05) is 7.05 Å². The van der Waals surface area contributed by atoms with Crippen LogP contribution in [0.4, 0.5) is 0 Å². The second-order valence-corrected chi connectivity index (χ2v) is 3.60. The molecule has 1 rings (SSSR count). The molecular formula is C6H9N5O2S. The first-order valence-electron chi connectivity index (χ1n) is 3.61. The zero-order valence-corrected chi connectivity index (χ0v) is 8.19. The van der Waals surface area contributed by atoms with Crippen LogP contribution in [0, 0.1) is 0 Å². The topological polar surface area (TPSA) is 117 Å². The molecule has 0 atom stereocenters. The van der Waals surface area contributed by atoms with Gasteiger partial charge >= 0.3 is 0 Å². The van der Waals surface area contributed by atoms with E-state index in [1.807, 2.05) is 0 Å². The number of primary amides is 2. The van der Waals surface area contributed by atoms with Crippen molar-refractivity contribution in [2.24, 2.45) is 18.5 Å². The van der Waals surface area contributed by atoms with E-state index in [0.717, 1.165) is 11.8 Å². The molecule has 1 aromatic rings. The minimum absolute atomic E-state index is 0.410. The average Bonchev–Trinajstić information content (AvgIpc) is 2.46. The van der Waals surface area contributed by atoms with E-state index in [9.17, 15) is 9.59 Å². The van der Waals surface area contributed by atoms with Gasteiger partial charge in [0.2, 0.25) is 11.8 Å². The fourth-order valence-corrected chi connectivity index (χ4v) is 1.49. The highest BCUT2D eigenvalue weighted by Crippen LogP contribution is 2.19. The molecule has 0 fully saturated rings. The molecule has 4 N–H and O–H groups in total. The number of rotatable bonds is 4. The quantitative estimate of drug-likeness (QED) is 0.456. The van der Waals surface area contributed by atoms with Gasteiger partial charge in [-0.15, -0.1) is 10.2 Å². The van der Waals surface area contributed by atoms with Crippen LogP contribution in [0.3, 0.4) is 0 Å². The van der Waals surface area contributed by atoms with Crippen LogP contribution in [0.2, 0.25) is 0 Å². The Hall–Kier alpha value is -1.57. The minimum atomic E-state index is -1.11. The van der Waals surface area contributed by atoms with Gasteiger partial charge < -0.3 is 16.0 Å². The fraction of sp³-hybridized carbons (Fsp3) is 0.333. The average molecular weight is 215 g/mol. The van der Waals surface area contributed by atoms with Crippen LogP contribution >= 0.6 is 11.8 Å². The lowest BCUT2D eigenvalue weighted by molar-refractivity contribution is -0.125. The molecule has 1 aromatic heterocycles. The monoisotopic (exact) mass is 215 g/mol. The highest BCUT2D eigenvalue weighted by atomic mass is 32.2. The Balaban J connectivity index is 2.80. The van der Waals surface area contributed by atoms with Crippen LogP contribution in [0.25, 0.3) is 0 Å². The molecule has 0 bridgehead atoms. The number of hydrogen-bond acceptors (Lipinski definition) is 5. The summed E-state index contributed by atoms with van der Waals surface area (Å²) in [7, 11) is 1.68. The summed E-state index contributed by atoms with van der Waals surface area (Å²) in [5.74, 6) is -1.57. The molecule has 0 saturated carbocycles. The molecular weight excluding hydrogens is 206 g/mol. The van der Waals surface area contributed by atoms with E-state index < -0.39 is 17.1 Å². The first-order valence-corrected chi connectivity index (χ1v) is 4.49. The van der Waals surface area contributed by atoms with Crippen molar-refractivity contribution in [3.05, 3.63) is 6.33 Å². The van der Waals surface area contributed by atoms with E-state index in [4.69, 9.17) is 11.5 Å². The van der Waals surface area contributed by atoms with Gasteiger partial charge in [-0.1, -0.05) is 11.8 Å². The predicted octanol–water partition coefficient (Wildman–Crippen LogP) is -1.75. The summed E-state index contributed by atoms with van der Waals surface area (Å²) in [6, 6.07) is 0. The molecule has 0 unspecified atom stereocenters. The highest BCUT2D eigenvalue weighted by Gasteiger charge is 2.24. The lowest BCUT2D eigenvalue weighted by Gasteiger charge is -2.06. The van der Waals surface area contributed by atoms with Crippen LogP contribution in [0.15, 0.2) is 11.5 Å². The zero-order chi connectivity index (χ0) is 10.7. The Bertz CT molecular complexity index is 349. The summed E-state index contributed by atoms with van der Waals surface area (Å²) in [5, 5.41) is 6.56. The van der Waals surface area contributed by atoms with E-state index in [2.05, 4.69) is 10.2 Å². The van der Waals surface area contributed by atoms with Crippen molar-refractivity contribution in [2.75, 3.05) is 0 Å². The third-order valence-corrected chi connectivity index (χ3v) is 2.69. The number of carbonyl (C=O) groups excluding carboxylic acids is 2. The number of thioether (sulfide) groups is 1. The normalized spacial score (nSPS) is 10.4. The highest BCUT2D eigenvalue weighted by molar-refractivity contribution is 8.01. The van der Waals surface area contributed by atoms with Gasteiger partial charge in [-0.2, -0.15) is 0 Å². The molecule has 0 aromatic carbocycles. The molecule has 0 aliphatic rings. The van der Waals surface area contributed by atoms with E-state index in [1.165, 1.54) is 6.33 Å². The van der Waals surface area contributed by atoms with E-state index in [-0.39, 0.29) is 0 Å². The number of amides is 2. The fourth-order valence-electron chi connectivity index (χ4n) is 0.741. The van der Waals surface area contributed by atoms with Crippen molar-refractivity contribution >= 4 is 23.6 Å². The standard InChI is InChI=1S/C6H9N5O2S/c1-11-2-9-10-6(11)14-3(4(7)12)5(8)13/h2-3H,1H3,(H2,7,12)(H2,8,13). The molecule has 14 heavy (non-hydrogen) atoms. The summed E-state index contributed by atoms with van der Waals surface area (Å²) in [5.41, 5.74) is 9.97. The van der Waals surface area contributed by atoms with E-state index in [0.29, 0.717) is 5.16 Å². The molecule has 0 aliphatic heterocycles. The molecule has 8 heteroatoms. The van der Waals surface area contributed by atoms with Gasteiger partial charge in [-0.05, 0) is 0 Å². The van der Waals surface area contributed by atoms with Gasteiger partial charge in [0.25, 0.3) is 0 Å². The van der Waals surface area contributed by atoms with Crippen LogP contribution in [-0.4, -0.2) is 31.8 Å². The van der Waals surface area contributed by atoms with Gasteiger partial charge in [0.1, 0.15) is 6.33 Å². The molecule has 76 valence electrons. The van der Waals surface area contributed by atoms with Gasteiger partial charge in [-0.3, -0.25) is 9.59 Å². The maximum Gasteiger partial charge on any atom is 0.240 e. The van der Waals surface area contributed by atoms with Crippen molar-refractivity contribution in [3.63, 3.8) is 0 Å². The number of nitrogens with zero attached hydrogens (tertiary/aromatic N) is 3. The Labute approximate surface area is 83.8 Å². The van der Waals surface area contributed by atoms with Crippen LogP contribution in [0.1, 0.15) is 0 Å². The predicted molar refractivity (Wildman–Crippen MR) is 49.0 cm³/mol. The van der Waals surface area contributed by atoms with Gasteiger partial charge in [-0.25, -0.2) is 0 Å². The summed E-state index contributed by atoms with van der Waals surface area (Å²) in [6.07, 6.45) is 1.45. The zero-order valence-electron chi connectivity index (χ0n) is 7.38. The molecule has 0 saturated heterocycles. The van der Waals surface area contributed by atoms with Gasteiger partial charge in [0.05, 0.1) is 0 Å². The third-order valence-electron chi connectivity index (χ3n) is 1.41. The number of nitrogens with two attached hydrogens (primary N) is 2. The second kappa shape index (κ2) is 4.09. The molecule has 2 amide bonds. The number of aromatic nitrogens is 3. The molecule has 1 heterocycles. The van der Waals surface area contributed by atoms with E-state index >= 15 is 0 Å². The Morgan fingerprint density at radius 2 is 2.07 bits per heavy atom. The van der Waals surface area contributed by atoms with Gasteiger partial charge in [0.15, 0.2) is 10.4 Å². The largest absolute Gasteiger partial charge is 0.368 e. The Kier molecular flexibility index (Phi) is 3.07. The lowest BCUT2D eigenvalue weighted by atomic mass is 10.4. The SMILES string of the molecule is Cn1cnnc1SC(C(N)=O)C(N)=O. The number of hydrogen-bond donors (Lipinski definition) is 2. The molecule has 0 radical (unpaired) electrons. The third kappa shape index (κ3) is 2.22. The Morgan fingerprint density at radius 3 is 2.43 bits per heavy atom. The molecule has 7 nitrogen and oxygen atoms in total. The summed E-state index contributed by atoms with van der Waals surface area (Å²) in [4.78, 5) is 21.6. The van der Waals surface area contributed by atoms with E-state index in [1.54, 1.807) is 11.6 Å². The maximum atomic E-state index is 10.8. The van der Waals surface area contributed by atoms with Crippen molar-refractivity contribution < 1.29 is 9.59 Å². The molecule has 0 aliphatic carbocycles. The second-order valence-electron chi connectivity index (χ2n) is 2.53.